The van der Waals surface area contributed by atoms with Crippen LogP contribution in [0.2, 0.25) is 0 Å². The molecule has 0 aliphatic rings. The van der Waals surface area contributed by atoms with Gasteiger partial charge in [-0.25, -0.2) is 0 Å². The zero-order valence-electron chi connectivity index (χ0n) is 11.0. The number of phenolic OH excluding ortho intramolecular Hbond substituents is 2. The first kappa shape index (κ1) is 13.6. The van der Waals surface area contributed by atoms with Crippen LogP contribution in [0.5, 0.6) is 11.5 Å². The number of aryl methyl sites for hydroxylation is 1. The Hall–Kier alpha value is -2.80. The second-order valence-corrected chi connectivity index (χ2v) is 4.32. The summed E-state index contributed by atoms with van der Waals surface area (Å²) in [7, 11) is 0. The first-order chi connectivity index (χ1) is 9.63. The molecule has 2 rings (SSSR count). The molecule has 0 atom stereocenters. The molecule has 0 aliphatic heterocycles. The maximum atomic E-state index is 9.75. The Morgan fingerprint density at radius 2 is 1.90 bits per heavy atom. The Labute approximate surface area is 117 Å². The summed E-state index contributed by atoms with van der Waals surface area (Å²) in [6, 6.07) is 11.7. The molecule has 0 aliphatic carbocycles. The lowest BCUT2D eigenvalue weighted by Crippen LogP contribution is -1.85. The molecule has 0 radical (unpaired) electrons. The molecule has 0 aromatic heterocycles. The largest absolute Gasteiger partial charge is 0.507 e. The van der Waals surface area contributed by atoms with Gasteiger partial charge < -0.3 is 10.2 Å². The number of hydrogen-bond donors (Lipinski definition) is 2. The van der Waals surface area contributed by atoms with E-state index < -0.39 is 0 Å². The molecule has 2 aromatic rings. The predicted octanol–water partition coefficient (Wildman–Crippen LogP) is 3.28. The molecule has 4 nitrogen and oxygen atoms in total. The molecular weight excluding hydrogens is 252 g/mol. The molecule has 0 spiro atoms. The van der Waals surface area contributed by atoms with Crippen molar-refractivity contribution in [2.75, 3.05) is 0 Å². The molecule has 0 saturated carbocycles. The minimum absolute atomic E-state index is 0.0406. The van der Waals surface area contributed by atoms with Gasteiger partial charge in [0.05, 0.1) is 11.6 Å². The van der Waals surface area contributed by atoms with Crippen LogP contribution in [0.4, 0.5) is 5.69 Å². The van der Waals surface area contributed by atoms with Gasteiger partial charge in [-0.15, -0.1) is 0 Å². The quantitative estimate of drug-likeness (QED) is 0.837. The summed E-state index contributed by atoms with van der Waals surface area (Å²) in [5.41, 5.74) is 2.37. The predicted molar refractivity (Wildman–Crippen MR) is 77.6 cm³/mol. The Balaban J connectivity index is 2.36. The molecule has 0 unspecified atom stereocenters. The Morgan fingerprint density at radius 1 is 1.15 bits per heavy atom. The second-order valence-electron chi connectivity index (χ2n) is 4.32. The number of phenols is 2. The zero-order chi connectivity index (χ0) is 14.5. The third-order valence-corrected chi connectivity index (χ3v) is 2.95. The summed E-state index contributed by atoms with van der Waals surface area (Å²) in [5.74, 6) is 0.119. The van der Waals surface area contributed by atoms with E-state index in [0.29, 0.717) is 16.8 Å². The Kier molecular flexibility index (Phi) is 4.02. The van der Waals surface area contributed by atoms with Crippen molar-refractivity contribution in [1.29, 1.82) is 5.26 Å². The summed E-state index contributed by atoms with van der Waals surface area (Å²) in [4.78, 5) is 4.18. The summed E-state index contributed by atoms with van der Waals surface area (Å²) < 4.78 is 0. The highest BCUT2D eigenvalue weighted by Crippen LogP contribution is 2.28. The number of benzene rings is 2. The van der Waals surface area contributed by atoms with E-state index in [0.717, 1.165) is 12.0 Å². The van der Waals surface area contributed by atoms with Gasteiger partial charge in [0.1, 0.15) is 17.2 Å². The van der Waals surface area contributed by atoms with Crippen molar-refractivity contribution in [2.45, 2.75) is 13.3 Å². The van der Waals surface area contributed by atoms with Crippen LogP contribution in [-0.4, -0.2) is 16.4 Å². The molecule has 4 heteroatoms. The topological polar surface area (TPSA) is 76.6 Å². The van der Waals surface area contributed by atoms with E-state index in [4.69, 9.17) is 5.26 Å². The van der Waals surface area contributed by atoms with Crippen molar-refractivity contribution in [3.05, 3.63) is 53.1 Å². The van der Waals surface area contributed by atoms with Crippen LogP contribution < -0.4 is 0 Å². The zero-order valence-corrected chi connectivity index (χ0v) is 11.0. The van der Waals surface area contributed by atoms with Crippen molar-refractivity contribution in [2.24, 2.45) is 4.99 Å². The van der Waals surface area contributed by atoms with Gasteiger partial charge in [-0.05, 0) is 42.3 Å². The summed E-state index contributed by atoms with van der Waals surface area (Å²) in [5, 5.41) is 28.3. The minimum atomic E-state index is 0.0406. The number of aromatic hydroxyl groups is 2. The van der Waals surface area contributed by atoms with Gasteiger partial charge in [0.15, 0.2) is 0 Å². The van der Waals surface area contributed by atoms with E-state index in [1.807, 2.05) is 19.1 Å². The van der Waals surface area contributed by atoms with Crippen molar-refractivity contribution < 1.29 is 10.2 Å². The average molecular weight is 266 g/mol. The second kappa shape index (κ2) is 5.89. The van der Waals surface area contributed by atoms with Gasteiger partial charge in [0.2, 0.25) is 0 Å². The molecule has 0 bridgehead atoms. The van der Waals surface area contributed by atoms with Crippen molar-refractivity contribution in [3.63, 3.8) is 0 Å². The number of hydrogen-bond acceptors (Lipinski definition) is 4. The van der Waals surface area contributed by atoms with Crippen molar-refractivity contribution >= 4 is 11.9 Å². The molecule has 0 saturated heterocycles. The van der Waals surface area contributed by atoms with Crippen molar-refractivity contribution in [1.82, 2.24) is 0 Å². The average Bonchev–Trinajstić information content (AvgIpc) is 2.48. The van der Waals surface area contributed by atoms with E-state index in [2.05, 4.69) is 4.99 Å². The fourth-order valence-corrected chi connectivity index (χ4v) is 1.76. The number of rotatable bonds is 3. The van der Waals surface area contributed by atoms with Crippen LogP contribution in [0.3, 0.4) is 0 Å². The lowest BCUT2D eigenvalue weighted by Gasteiger charge is -2.03. The van der Waals surface area contributed by atoms with E-state index >= 15 is 0 Å². The third-order valence-electron chi connectivity index (χ3n) is 2.95. The fraction of sp³-hybridized carbons (Fsp3) is 0.125. The van der Waals surface area contributed by atoms with E-state index in [9.17, 15) is 10.2 Å². The highest BCUT2D eigenvalue weighted by molar-refractivity contribution is 5.86. The van der Waals surface area contributed by atoms with Crippen LogP contribution in [0.25, 0.3) is 0 Å². The van der Waals surface area contributed by atoms with Crippen LogP contribution in [0, 0.1) is 11.3 Å². The maximum Gasteiger partial charge on any atom is 0.141 e. The molecule has 2 N–H and O–H groups in total. The minimum Gasteiger partial charge on any atom is -0.507 e. The van der Waals surface area contributed by atoms with E-state index in [1.54, 1.807) is 18.2 Å². The van der Waals surface area contributed by atoms with Crippen LogP contribution >= 0.6 is 0 Å². The number of nitrogens with zero attached hydrogens (tertiary/aromatic N) is 2. The monoisotopic (exact) mass is 266 g/mol. The SMILES string of the molecule is CCc1ccc(O)c(/N=C/c2cc(C#N)ccc2O)c1. The molecule has 0 fully saturated rings. The molecule has 100 valence electrons. The lowest BCUT2D eigenvalue weighted by molar-refractivity contribution is 0.474. The maximum absolute atomic E-state index is 9.75. The molecule has 20 heavy (non-hydrogen) atoms. The van der Waals surface area contributed by atoms with Gasteiger partial charge in [0.25, 0.3) is 0 Å². The van der Waals surface area contributed by atoms with Crippen molar-refractivity contribution in [3.8, 4) is 17.6 Å². The normalized spacial score (nSPS) is 10.6. The van der Waals surface area contributed by atoms with Crippen LogP contribution in [-0.2, 0) is 6.42 Å². The summed E-state index contributed by atoms with van der Waals surface area (Å²) in [6.07, 6.45) is 2.28. The van der Waals surface area contributed by atoms with E-state index in [1.165, 1.54) is 18.3 Å². The van der Waals surface area contributed by atoms with Gasteiger partial charge in [0, 0.05) is 11.8 Å². The number of aliphatic imine (C=N–C) groups is 1. The summed E-state index contributed by atoms with van der Waals surface area (Å²) in [6.45, 7) is 2.02. The Bertz CT molecular complexity index is 700. The highest BCUT2D eigenvalue weighted by Gasteiger charge is 2.03. The fourth-order valence-electron chi connectivity index (χ4n) is 1.76. The molecule has 2 aromatic carbocycles. The van der Waals surface area contributed by atoms with Crippen LogP contribution in [0.15, 0.2) is 41.4 Å². The first-order valence-corrected chi connectivity index (χ1v) is 6.23. The highest BCUT2D eigenvalue weighted by atomic mass is 16.3. The summed E-state index contributed by atoms with van der Waals surface area (Å²) >= 11 is 0. The smallest absolute Gasteiger partial charge is 0.141 e. The molecule has 0 amide bonds. The molecular formula is C16H14N2O2. The first-order valence-electron chi connectivity index (χ1n) is 6.23. The van der Waals surface area contributed by atoms with Gasteiger partial charge >= 0.3 is 0 Å². The Morgan fingerprint density at radius 3 is 2.60 bits per heavy atom. The molecule has 0 heterocycles. The number of nitriles is 1. The van der Waals surface area contributed by atoms with Gasteiger partial charge in [-0.2, -0.15) is 5.26 Å². The van der Waals surface area contributed by atoms with Crippen LogP contribution in [0.1, 0.15) is 23.6 Å². The standard InChI is InChI=1S/C16H14N2O2/c1-2-11-3-6-16(20)14(8-11)18-10-13-7-12(9-17)4-5-15(13)19/h3-8,10,19-20H,2H2,1H3/b18-10+. The third kappa shape index (κ3) is 2.96. The van der Waals surface area contributed by atoms with E-state index in [-0.39, 0.29) is 11.5 Å². The van der Waals surface area contributed by atoms with Gasteiger partial charge in [-0.3, -0.25) is 4.99 Å². The lowest BCUT2D eigenvalue weighted by atomic mass is 10.1. The van der Waals surface area contributed by atoms with Gasteiger partial charge in [-0.1, -0.05) is 13.0 Å².